The molecular formula is C72H60N4OPt-2. The number of hydrogen-bond acceptors (Lipinski definition) is 2. The number of pyridine rings is 1. The maximum Gasteiger partial charge on any atom is 0.268 e. The van der Waals surface area contributed by atoms with Crippen molar-refractivity contribution in [2.75, 3.05) is 0 Å². The van der Waals surface area contributed by atoms with Gasteiger partial charge in [0.05, 0.1) is 16.7 Å². The van der Waals surface area contributed by atoms with Crippen molar-refractivity contribution in [1.82, 2.24) is 14.1 Å². The topological polar surface area (TPSA) is 35.9 Å². The maximum absolute atomic E-state index is 9.11. The molecule has 0 saturated carbocycles. The van der Waals surface area contributed by atoms with Gasteiger partial charge in [-0.15, -0.1) is 29.7 Å². The number of aryl methyl sites for hydroxylation is 4. The SMILES string of the molecule is [2H]C([2H])([2H])c1cccc(C([2H])([2H])[2H])c1-c1cc2c(c(-c3c(C([2H])([2H])[2H])cccc3C([2H])([2H])[2H])c1)-[n+]1[c-]n(-c3[c-]c(Oc4[c-]c5c(cc4)c4ccccc4n5-c4cc(C(C)(C)C)ccn4)ccc3)c3cc(C(C)(C)C)cc(c31)-c1ccccc1-c1ccccc1-2.[Pt]. The molecule has 3 aromatic heterocycles. The van der Waals surface area contributed by atoms with E-state index in [1.54, 1.807) is 12.1 Å². The van der Waals surface area contributed by atoms with Crippen LogP contribution in [0.1, 0.15) is 91.4 Å². The summed E-state index contributed by atoms with van der Waals surface area (Å²) in [5.41, 5.74) is 8.25. The van der Waals surface area contributed by atoms with Gasteiger partial charge in [0, 0.05) is 60.7 Å². The summed E-state index contributed by atoms with van der Waals surface area (Å²) >= 11 is 0. The van der Waals surface area contributed by atoms with Crippen LogP contribution in [0, 0.1) is 45.9 Å². The molecule has 12 aromatic rings. The van der Waals surface area contributed by atoms with E-state index in [0.717, 1.165) is 61.0 Å². The van der Waals surface area contributed by atoms with Gasteiger partial charge in [-0.3, -0.25) is 4.57 Å². The average Bonchev–Trinajstić information content (AvgIpc) is 1.48. The van der Waals surface area contributed by atoms with E-state index in [1.165, 1.54) is 36.4 Å². The number of imidazole rings is 1. The van der Waals surface area contributed by atoms with Gasteiger partial charge in [0.25, 0.3) is 6.33 Å². The first-order chi connectivity index (χ1) is 41.9. The minimum atomic E-state index is -2.91. The second-order valence-corrected chi connectivity index (χ2v) is 22.0. The molecule has 1 aliphatic rings. The van der Waals surface area contributed by atoms with Crippen LogP contribution in [0.4, 0.5) is 0 Å². The molecule has 386 valence electrons. The molecule has 0 saturated heterocycles. The minimum Gasteiger partial charge on any atom is -0.510 e. The van der Waals surface area contributed by atoms with Crippen molar-refractivity contribution in [2.24, 2.45) is 0 Å². The van der Waals surface area contributed by atoms with E-state index >= 15 is 0 Å². The van der Waals surface area contributed by atoms with Gasteiger partial charge in [-0.1, -0.05) is 156 Å². The Balaban J connectivity index is 0.00000785. The van der Waals surface area contributed by atoms with E-state index in [1.807, 2.05) is 112 Å². The summed E-state index contributed by atoms with van der Waals surface area (Å²) < 4.78 is 120. The van der Waals surface area contributed by atoms with E-state index in [-0.39, 0.29) is 71.0 Å². The van der Waals surface area contributed by atoms with Gasteiger partial charge in [0.15, 0.2) is 0 Å². The summed E-state index contributed by atoms with van der Waals surface area (Å²) in [6.07, 6.45) is 5.57. The third-order valence-corrected chi connectivity index (χ3v) is 15.0. The molecule has 1 aliphatic heterocycles. The number of ether oxygens (including phenoxy) is 1. The number of hydrogen-bond donors (Lipinski definition) is 0. The van der Waals surface area contributed by atoms with Crippen LogP contribution in [0.3, 0.4) is 0 Å². The van der Waals surface area contributed by atoms with E-state index in [0.29, 0.717) is 45.0 Å². The van der Waals surface area contributed by atoms with Crippen molar-refractivity contribution in [3.05, 3.63) is 234 Å². The fourth-order valence-electron chi connectivity index (χ4n) is 11.2. The first-order valence-electron chi connectivity index (χ1n) is 31.8. The number of para-hydroxylation sites is 1. The third-order valence-electron chi connectivity index (χ3n) is 15.0. The number of rotatable bonds is 6. The predicted octanol–water partition coefficient (Wildman–Crippen LogP) is 18.1. The van der Waals surface area contributed by atoms with Crippen molar-refractivity contribution in [3.63, 3.8) is 0 Å². The summed E-state index contributed by atoms with van der Waals surface area (Å²) in [6, 6.07) is 60.5. The van der Waals surface area contributed by atoms with Crippen LogP contribution in [-0.2, 0) is 31.9 Å². The summed E-state index contributed by atoms with van der Waals surface area (Å²) in [4.78, 5) is 4.87. The van der Waals surface area contributed by atoms with Crippen LogP contribution in [0.25, 0.3) is 106 Å². The number of aromatic nitrogens is 4. The molecule has 0 atom stereocenters. The summed E-state index contributed by atoms with van der Waals surface area (Å²) in [7, 11) is 0. The van der Waals surface area contributed by atoms with Gasteiger partial charge >= 0.3 is 0 Å². The molecule has 0 unspecified atom stereocenters. The molecule has 6 heteroatoms. The Morgan fingerprint density at radius 3 is 1.76 bits per heavy atom. The van der Waals surface area contributed by atoms with Gasteiger partial charge in [-0.05, 0) is 175 Å². The zero-order valence-corrected chi connectivity index (χ0v) is 46.1. The molecule has 9 aromatic carbocycles. The second kappa shape index (κ2) is 19.1. The Kier molecular flexibility index (Phi) is 9.42. The molecule has 0 radical (unpaired) electrons. The van der Waals surface area contributed by atoms with Crippen molar-refractivity contribution in [2.45, 2.75) is 79.8 Å². The molecule has 0 fully saturated rings. The van der Waals surface area contributed by atoms with Crippen molar-refractivity contribution >= 4 is 32.8 Å². The fraction of sp³-hybridized carbons (Fsp3) is 0.167. The van der Waals surface area contributed by atoms with Crippen molar-refractivity contribution < 1.29 is 46.8 Å². The third kappa shape index (κ3) is 8.42. The van der Waals surface area contributed by atoms with E-state index in [2.05, 4.69) is 94.9 Å². The molecule has 78 heavy (non-hydrogen) atoms. The zero-order valence-electron chi connectivity index (χ0n) is 55.8. The molecular weight excluding hydrogens is 1130 g/mol. The maximum atomic E-state index is 9.11. The predicted molar refractivity (Wildman–Crippen MR) is 317 cm³/mol. The van der Waals surface area contributed by atoms with E-state index in [9.17, 15) is 0 Å². The fourth-order valence-corrected chi connectivity index (χ4v) is 11.2. The largest absolute Gasteiger partial charge is 0.510 e. The monoisotopic (exact) mass is 1200 g/mol. The molecule has 0 amide bonds. The van der Waals surface area contributed by atoms with Gasteiger partial charge in [-0.25, -0.2) is 4.98 Å². The summed E-state index contributed by atoms with van der Waals surface area (Å²) in [5.74, 6) is 1.51. The molecule has 13 rings (SSSR count). The summed E-state index contributed by atoms with van der Waals surface area (Å²) in [6.45, 7) is 1.40. The van der Waals surface area contributed by atoms with Gasteiger partial charge in [-0.2, -0.15) is 18.2 Å². The van der Waals surface area contributed by atoms with Crippen molar-refractivity contribution in [3.8, 4) is 84.3 Å². The smallest absolute Gasteiger partial charge is 0.268 e. The van der Waals surface area contributed by atoms with Crippen LogP contribution >= 0.6 is 0 Å². The van der Waals surface area contributed by atoms with Crippen molar-refractivity contribution in [1.29, 1.82) is 0 Å². The number of fused-ring (bicyclic) bond motifs is 10. The van der Waals surface area contributed by atoms with Gasteiger partial charge in [0.2, 0.25) is 0 Å². The molecule has 0 aliphatic carbocycles. The zero-order chi connectivity index (χ0) is 63.1. The Morgan fingerprint density at radius 2 is 1.09 bits per heavy atom. The standard InChI is InChI=1S/C72H60N4O.Pt/c1-44-20-17-21-45(2)67(44)48-36-60-56-28-13-11-26-54(56)55-27-12-14-29-57(55)61-38-50(72(8,9)10)39-65-70(61)75(69(60)62(37-48)68-46(3)22-18-23-47(68)4)43-74(65)51-24-19-25-52(41-51)77-53-32-33-59-58-30-15-16-31-63(58)76(64(59)42-53)66-40-49(34-35-73-66)71(5,6)7;/h11-40H,1-10H3;/q-2;/i1D3,2D3,3D3,4D3;. The average molecular weight is 1200 g/mol. The Labute approximate surface area is 489 Å². The number of nitrogens with zero attached hydrogens (tertiary/aromatic N) is 4. The van der Waals surface area contributed by atoms with Crippen LogP contribution in [-0.4, -0.2) is 14.1 Å². The van der Waals surface area contributed by atoms with Crippen LogP contribution in [0.2, 0.25) is 0 Å². The van der Waals surface area contributed by atoms with Gasteiger partial charge in [0.1, 0.15) is 5.82 Å². The minimum absolute atomic E-state index is 0. The first kappa shape index (κ1) is 38.4. The summed E-state index contributed by atoms with van der Waals surface area (Å²) in [5, 5.41) is 2.00. The molecule has 0 bridgehead atoms. The molecule has 0 N–H and O–H groups in total. The Hall–Kier alpha value is -8.11. The first-order valence-corrected chi connectivity index (χ1v) is 25.8. The van der Waals surface area contributed by atoms with Crippen LogP contribution in [0.5, 0.6) is 11.5 Å². The normalized spacial score (nSPS) is 15.1. The Morgan fingerprint density at radius 1 is 0.500 bits per heavy atom. The Bertz CT molecular complexity index is 4800. The van der Waals surface area contributed by atoms with Crippen LogP contribution in [0.15, 0.2) is 182 Å². The van der Waals surface area contributed by atoms with E-state index < -0.39 is 32.8 Å². The quantitative estimate of drug-likeness (QED) is 0.123. The molecule has 0 spiro atoms. The van der Waals surface area contributed by atoms with Crippen LogP contribution < -0.4 is 9.30 Å². The second-order valence-electron chi connectivity index (χ2n) is 22.0. The molecule has 4 heterocycles. The van der Waals surface area contributed by atoms with Gasteiger partial charge < -0.3 is 13.9 Å². The number of benzene rings is 9. The molecule has 5 nitrogen and oxygen atoms in total. The van der Waals surface area contributed by atoms with E-state index in [4.69, 9.17) is 26.2 Å².